The molecule has 2 aromatic carbocycles. The molecule has 0 atom stereocenters. The van der Waals surface area contributed by atoms with Gasteiger partial charge in [0.2, 0.25) is 0 Å². The average molecular weight is 539 g/mol. The van der Waals surface area contributed by atoms with E-state index in [0.29, 0.717) is 28.1 Å². The molecule has 40 heavy (non-hydrogen) atoms. The largest absolute Gasteiger partial charge is 0.349 e. The molecule has 5 aromatic rings. The molecule has 11 nitrogen and oxygen atoms in total. The van der Waals surface area contributed by atoms with Crippen molar-refractivity contribution in [3.05, 3.63) is 107 Å². The number of rotatable bonds is 6. The summed E-state index contributed by atoms with van der Waals surface area (Å²) in [6.45, 7) is 7.88. The molecular formula is C29H30N8O3. The Bertz CT molecular complexity index is 1660. The molecule has 0 aliphatic rings. The lowest BCUT2D eigenvalue weighted by atomic mass is 10.2. The SMILES string of the molecule is CC(C)n1ccc(NC(=O)c2ccccc2)nc1=O.CC(C)n1cnc2c(NC(=O)c3ccccc3)ncnc21. The van der Waals surface area contributed by atoms with Gasteiger partial charge in [0.05, 0.1) is 6.33 Å². The Kier molecular flexibility index (Phi) is 8.75. The number of aromatic nitrogens is 6. The van der Waals surface area contributed by atoms with Gasteiger partial charge in [-0.2, -0.15) is 4.98 Å². The molecule has 0 unspecified atom stereocenters. The second-order valence-electron chi connectivity index (χ2n) is 9.38. The van der Waals surface area contributed by atoms with Crippen LogP contribution in [0.3, 0.4) is 0 Å². The van der Waals surface area contributed by atoms with Crippen LogP contribution in [0.25, 0.3) is 11.2 Å². The Morgan fingerprint density at radius 2 is 1.30 bits per heavy atom. The van der Waals surface area contributed by atoms with E-state index in [1.165, 1.54) is 10.9 Å². The van der Waals surface area contributed by atoms with E-state index in [2.05, 4.69) is 30.6 Å². The zero-order chi connectivity index (χ0) is 28.6. The van der Waals surface area contributed by atoms with Crippen LogP contribution >= 0.6 is 0 Å². The Morgan fingerprint density at radius 3 is 1.85 bits per heavy atom. The molecule has 0 bridgehead atoms. The standard InChI is InChI=1S/C15H15N5O.C14H15N3O2/c1-10(2)20-9-18-12-13(16-8-17-14(12)20)19-15(21)11-6-4-3-5-7-11;1-10(2)17-9-8-12(16-14(17)19)15-13(18)11-6-4-3-5-7-11/h3-10H,1-2H3,(H,16,17,19,21);3-10H,1-2H3,(H,15,16,18,19). The predicted molar refractivity (Wildman–Crippen MR) is 153 cm³/mol. The molecule has 0 radical (unpaired) electrons. The lowest BCUT2D eigenvalue weighted by molar-refractivity contribution is 0.101. The number of benzene rings is 2. The second-order valence-corrected chi connectivity index (χ2v) is 9.38. The maximum atomic E-state index is 12.2. The summed E-state index contributed by atoms with van der Waals surface area (Å²) in [6, 6.07) is 19.7. The smallest absolute Gasteiger partial charge is 0.313 e. The Labute approximate surface area is 231 Å². The normalized spacial score (nSPS) is 10.8. The molecule has 3 aromatic heterocycles. The summed E-state index contributed by atoms with van der Waals surface area (Å²) in [5.74, 6) is 0.188. The molecule has 0 spiro atoms. The molecule has 0 fully saturated rings. The zero-order valence-corrected chi connectivity index (χ0v) is 22.6. The third-order valence-corrected chi connectivity index (χ3v) is 5.85. The van der Waals surface area contributed by atoms with E-state index in [0.717, 1.165) is 0 Å². The number of nitrogens with one attached hydrogen (secondary N) is 2. The Balaban J connectivity index is 0.000000186. The highest BCUT2D eigenvalue weighted by Crippen LogP contribution is 2.20. The molecule has 0 aliphatic carbocycles. The summed E-state index contributed by atoms with van der Waals surface area (Å²) in [5.41, 5.74) is 2.03. The molecule has 0 saturated carbocycles. The fourth-order valence-corrected chi connectivity index (χ4v) is 3.74. The van der Waals surface area contributed by atoms with E-state index in [9.17, 15) is 14.4 Å². The molecular weight excluding hydrogens is 508 g/mol. The first-order valence-corrected chi connectivity index (χ1v) is 12.7. The van der Waals surface area contributed by atoms with Crippen LogP contribution in [0, 0.1) is 0 Å². The molecule has 0 aliphatic heterocycles. The van der Waals surface area contributed by atoms with Gasteiger partial charge in [-0.25, -0.2) is 19.7 Å². The molecule has 2 amide bonds. The summed E-state index contributed by atoms with van der Waals surface area (Å²) in [4.78, 5) is 52.3. The predicted octanol–water partition coefficient (Wildman–Crippen LogP) is 4.74. The van der Waals surface area contributed by atoms with Crippen molar-refractivity contribution in [3.8, 4) is 0 Å². The van der Waals surface area contributed by atoms with Crippen molar-refractivity contribution in [1.82, 2.24) is 29.1 Å². The fraction of sp³-hybridized carbons (Fsp3) is 0.207. The first kappa shape index (κ1) is 27.8. The number of hydrogen-bond acceptors (Lipinski definition) is 7. The van der Waals surface area contributed by atoms with Crippen LogP contribution in [0.5, 0.6) is 0 Å². The summed E-state index contributed by atoms with van der Waals surface area (Å²) in [7, 11) is 0. The van der Waals surface area contributed by atoms with E-state index >= 15 is 0 Å². The van der Waals surface area contributed by atoms with Gasteiger partial charge in [0.15, 0.2) is 17.0 Å². The van der Waals surface area contributed by atoms with Crippen LogP contribution in [-0.2, 0) is 0 Å². The lowest BCUT2D eigenvalue weighted by Gasteiger charge is -2.09. The molecule has 3 heterocycles. The van der Waals surface area contributed by atoms with Crippen molar-refractivity contribution >= 4 is 34.6 Å². The summed E-state index contributed by atoms with van der Waals surface area (Å²) < 4.78 is 3.44. The average Bonchev–Trinajstić information content (AvgIpc) is 3.40. The first-order chi connectivity index (χ1) is 19.2. The van der Waals surface area contributed by atoms with Crippen molar-refractivity contribution in [1.29, 1.82) is 0 Å². The lowest BCUT2D eigenvalue weighted by Crippen LogP contribution is -2.25. The molecule has 2 N–H and O–H groups in total. The number of anilines is 2. The van der Waals surface area contributed by atoms with Gasteiger partial charge in [-0.3, -0.25) is 14.2 Å². The van der Waals surface area contributed by atoms with Crippen LogP contribution in [0.15, 0.2) is 90.4 Å². The van der Waals surface area contributed by atoms with Crippen LogP contribution in [0.1, 0.15) is 60.5 Å². The van der Waals surface area contributed by atoms with Gasteiger partial charge in [0, 0.05) is 29.4 Å². The zero-order valence-electron chi connectivity index (χ0n) is 22.6. The quantitative estimate of drug-likeness (QED) is 0.319. The van der Waals surface area contributed by atoms with Crippen molar-refractivity contribution in [3.63, 3.8) is 0 Å². The number of carbonyl (C=O) groups excluding carboxylic acids is 2. The monoisotopic (exact) mass is 538 g/mol. The number of amides is 2. The molecule has 0 saturated heterocycles. The minimum absolute atomic E-state index is 0.0406. The summed E-state index contributed by atoms with van der Waals surface area (Å²) in [6.07, 6.45) is 4.77. The maximum absolute atomic E-state index is 12.2. The van der Waals surface area contributed by atoms with Crippen LogP contribution in [0.2, 0.25) is 0 Å². The van der Waals surface area contributed by atoms with E-state index in [4.69, 9.17) is 0 Å². The van der Waals surface area contributed by atoms with Crippen molar-refractivity contribution in [2.45, 2.75) is 39.8 Å². The maximum Gasteiger partial charge on any atom is 0.349 e. The number of nitrogens with zero attached hydrogens (tertiary/aromatic N) is 6. The Hall–Kier alpha value is -5.19. The summed E-state index contributed by atoms with van der Waals surface area (Å²) >= 11 is 0. The van der Waals surface area contributed by atoms with Crippen LogP contribution in [0.4, 0.5) is 11.6 Å². The van der Waals surface area contributed by atoms with Crippen LogP contribution < -0.4 is 16.3 Å². The second kappa shape index (κ2) is 12.6. The van der Waals surface area contributed by atoms with Crippen molar-refractivity contribution in [2.24, 2.45) is 0 Å². The third kappa shape index (κ3) is 6.62. The highest BCUT2D eigenvalue weighted by molar-refractivity contribution is 6.06. The number of fused-ring (bicyclic) bond motifs is 1. The topological polar surface area (TPSA) is 137 Å². The minimum atomic E-state index is -0.374. The van der Waals surface area contributed by atoms with Gasteiger partial charge in [0.25, 0.3) is 11.8 Å². The van der Waals surface area contributed by atoms with E-state index in [-0.39, 0.29) is 35.4 Å². The Morgan fingerprint density at radius 1 is 0.725 bits per heavy atom. The first-order valence-electron chi connectivity index (χ1n) is 12.7. The van der Waals surface area contributed by atoms with Crippen molar-refractivity contribution < 1.29 is 9.59 Å². The fourth-order valence-electron chi connectivity index (χ4n) is 3.74. The van der Waals surface area contributed by atoms with Gasteiger partial charge in [-0.1, -0.05) is 36.4 Å². The highest BCUT2D eigenvalue weighted by atomic mass is 16.2. The van der Waals surface area contributed by atoms with E-state index in [1.807, 2.05) is 56.5 Å². The molecule has 204 valence electrons. The van der Waals surface area contributed by atoms with Gasteiger partial charge in [-0.15, -0.1) is 0 Å². The molecule has 5 rings (SSSR count). The van der Waals surface area contributed by atoms with E-state index in [1.54, 1.807) is 55.0 Å². The van der Waals surface area contributed by atoms with Gasteiger partial charge in [0.1, 0.15) is 12.1 Å². The number of carbonyl (C=O) groups is 2. The van der Waals surface area contributed by atoms with E-state index < -0.39 is 0 Å². The van der Waals surface area contributed by atoms with Crippen molar-refractivity contribution in [2.75, 3.05) is 10.6 Å². The van der Waals surface area contributed by atoms with Gasteiger partial charge >= 0.3 is 5.69 Å². The summed E-state index contributed by atoms with van der Waals surface area (Å²) in [5, 5.41) is 5.39. The number of hydrogen-bond donors (Lipinski definition) is 2. The van der Waals surface area contributed by atoms with Gasteiger partial charge in [-0.05, 0) is 58.0 Å². The highest BCUT2D eigenvalue weighted by Gasteiger charge is 2.14. The number of imidazole rings is 1. The van der Waals surface area contributed by atoms with Crippen LogP contribution in [-0.4, -0.2) is 40.9 Å². The third-order valence-electron chi connectivity index (χ3n) is 5.85. The minimum Gasteiger partial charge on any atom is -0.313 e. The van der Waals surface area contributed by atoms with Gasteiger partial charge < -0.3 is 15.2 Å². The molecule has 11 heteroatoms.